The summed E-state index contributed by atoms with van der Waals surface area (Å²) in [4.78, 5) is 0.520. The summed E-state index contributed by atoms with van der Waals surface area (Å²) >= 11 is 0. The third-order valence-corrected chi connectivity index (χ3v) is 8.37. The normalized spacial score (nSPS) is 22.0. The van der Waals surface area contributed by atoms with Crippen LogP contribution in [-0.2, 0) is 18.2 Å². The summed E-state index contributed by atoms with van der Waals surface area (Å²) in [5.41, 5.74) is 1.40. The molecular weight excluding hydrogens is 365 g/mol. The third-order valence-electron chi connectivity index (χ3n) is 4.37. The van der Waals surface area contributed by atoms with Crippen molar-refractivity contribution in [1.29, 1.82) is 0 Å². The topological polar surface area (TPSA) is 63.0 Å². The van der Waals surface area contributed by atoms with Crippen LogP contribution in [0.1, 0.15) is 37.6 Å². The van der Waals surface area contributed by atoms with E-state index in [4.69, 9.17) is 18.2 Å². The maximum atomic E-state index is 13.1. The quantitative estimate of drug-likeness (QED) is 0.468. The fourth-order valence-corrected chi connectivity index (χ4v) is 7.50. The Kier molecular flexibility index (Phi) is 5.82. The van der Waals surface area contributed by atoms with E-state index in [1.807, 2.05) is 81.4 Å². The molecule has 0 saturated carbocycles. The third kappa shape index (κ3) is 3.34. The molecule has 27 heavy (non-hydrogen) atoms. The van der Waals surface area contributed by atoms with Crippen LogP contribution in [0.4, 0.5) is 0 Å². The molecule has 146 valence electrons. The Hall–Kier alpha value is -1.98. The van der Waals surface area contributed by atoms with Gasteiger partial charge in [0, 0.05) is 0 Å². The van der Waals surface area contributed by atoms with Gasteiger partial charge in [-0.15, -0.1) is 0 Å². The molecule has 6 nitrogen and oxygen atoms in total. The summed E-state index contributed by atoms with van der Waals surface area (Å²) < 4.78 is 24.3. The fraction of sp³-hybridized carbons (Fsp3) is 0.350. The van der Waals surface area contributed by atoms with Crippen LogP contribution in [0.25, 0.3) is 0 Å². The van der Waals surface area contributed by atoms with Crippen molar-refractivity contribution in [3.05, 3.63) is 77.0 Å². The zero-order valence-corrected chi connectivity index (χ0v) is 16.8. The molecule has 7 heteroatoms. The predicted molar refractivity (Wildman–Crippen MR) is 106 cm³/mol. The Morgan fingerprint density at radius 1 is 0.852 bits per heavy atom. The van der Waals surface area contributed by atoms with Crippen LogP contribution in [0.15, 0.2) is 60.7 Å². The van der Waals surface area contributed by atoms with Gasteiger partial charge in [-0.25, -0.2) is 0 Å². The molecule has 1 aliphatic rings. The minimum atomic E-state index is -4.29. The van der Waals surface area contributed by atoms with Gasteiger partial charge in [-0.2, -0.15) is 0 Å². The van der Waals surface area contributed by atoms with Gasteiger partial charge in [-0.05, 0) is 0 Å². The molecule has 0 fully saturated rings. The Balaban J connectivity index is 2.28. The number of benzene rings is 2. The molecule has 0 bridgehead atoms. The zero-order valence-electron chi connectivity index (χ0n) is 15.9. The molecule has 0 radical (unpaired) electrons. The van der Waals surface area contributed by atoms with Gasteiger partial charge < -0.3 is 0 Å². The molecule has 2 aromatic carbocycles. The Labute approximate surface area is 160 Å². The van der Waals surface area contributed by atoms with Crippen molar-refractivity contribution in [3.8, 4) is 0 Å². The van der Waals surface area contributed by atoms with Crippen molar-refractivity contribution in [1.82, 2.24) is 0 Å². The summed E-state index contributed by atoms with van der Waals surface area (Å²) in [7, 11) is -4.29. The molecule has 0 saturated heterocycles. The van der Waals surface area contributed by atoms with Crippen LogP contribution in [0.3, 0.4) is 0 Å². The molecule has 1 heterocycles. The second kappa shape index (κ2) is 7.95. The number of hydrogen-bond donors (Lipinski definition) is 0. The van der Waals surface area contributed by atoms with Crippen molar-refractivity contribution in [3.63, 3.8) is 0 Å². The Morgan fingerprint density at radius 3 is 1.81 bits per heavy atom. The monoisotopic (exact) mass is 391 g/mol. The zero-order chi connectivity index (χ0) is 19.4. The van der Waals surface area contributed by atoms with Crippen LogP contribution in [0.5, 0.6) is 0 Å². The van der Waals surface area contributed by atoms with Gasteiger partial charge >= 0.3 is 160 Å². The molecule has 1 atom stereocenters. The fourth-order valence-electron chi connectivity index (χ4n) is 3.54. The van der Waals surface area contributed by atoms with Gasteiger partial charge in [0.1, 0.15) is 0 Å². The molecule has 3 rings (SSSR count). The van der Waals surface area contributed by atoms with Crippen molar-refractivity contribution >= 4 is 13.2 Å². The predicted octanol–water partition coefficient (Wildman–Crippen LogP) is 5.00. The molecule has 0 spiro atoms. The number of rotatable bonds is 8. The molecule has 2 aromatic rings. The average Bonchev–Trinajstić information content (AvgIpc) is 2.92. The van der Waals surface area contributed by atoms with Gasteiger partial charge in [0.15, 0.2) is 0 Å². The molecule has 1 aliphatic heterocycles. The first kappa shape index (κ1) is 19.8. The summed E-state index contributed by atoms with van der Waals surface area (Å²) in [5.74, 6) is 0. The van der Waals surface area contributed by atoms with E-state index in [9.17, 15) is 5.21 Å². The Bertz CT molecular complexity index is 777. The second-order valence-corrected chi connectivity index (χ2v) is 9.22. The van der Waals surface area contributed by atoms with Gasteiger partial charge in [0.2, 0.25) is 0 Å². The molecule has 0 aromatic heterocycles. The first-order chi connectivity index (χ1) is 13.1. The van der Waals surface area contributed by atoms with Gasteiger partial charge in [-0.3, -0.25) is 0 Å². The second-order valence-electron chi connectivity index (χ2n) is 6.03. The van der Waals surface area contributed by atoms with E-state index in [0.29, 0.717) is 10.6 Å². The van der Waals surface area contributed by atoms with Crippen LogP contribution in [0.2, 0.25) is 0 Å². The first-order valence-corrected chi connectivity index (χ1v) is 11.2. The van der Waals surface area contributed by atoms with Crippen LogP contribution < -0.4 is 0 Å². The molecule has 0 amide bonds. The SMILES string of the molecule is CCOP1(OCC)(OCC)O[N+]([O-])=C(c2ccccc2)C1c1ccccc1. The van der Waals surface area contributed by atoms with Gasteiger partial charge in [0.05, 0.1) is 0 Å². The van der Waals surface area contributed by atoms with E-state index in [0.717, 1.165) is 11.1 Å². The standard InChI is InChI=1S/C20H26NO5P/c1-4-23-27(24-5-2,25-6-3)20(18-15-11-8-12-16-18)19(21(22)26-27)17-13-9-7-10-14-17/h7-16,20H,4-6H2,1-3H3. The van der Waals surface area contributed by atoms with Crippen molar-refractivity contribution in [2.24, 2.45) is 0 Å². The summed E-state index contributed by atoms with van der Waals surface area (Å²) in [6.45, 7) is 6.39. The van der Waals surface area contributed by atoms with E-state index in [-0.39, 0.29) is 19.8 Å². The van der Waals surface area contributed by atoms with E-state index in [1.165, 1.54) is 0 Å². The van der Waals surface area contributed by atoms with Crippen LogP contribution in [-0.4, -0.2) is 30.4 Å². The molecule has 1 unspecified atom stereocenters. The molecular formula is C20H26NO5P. The van der Waals surface area contributed by atoms with Gasteiger partial charge in [-0.1, -0.05) is 0 Å². The minimum absolute atomic E-state index is 0.289. The number of hydrogen-bond acceptors (Lipinski definition) is 5. The van der Waals surface area contributed by atoms with E-state index in [2.05, 4.69) is 0 Å². The van der Waals surface area contributed by atoms with Crippen molar-refractivity contribution in [2.75, 3.05) is 19.8 Å². The number of nitrogens with zero attached hydrogens (tertiary/aromatic N) is 1. The van der Waals surface area contributed by atoms with Crippen LogP contribution >= 0.6 is 7.51 Å². The van der Waals surface area contributed by atoms with Crippen LogP contribution in [0, 0.1) is 5.21 Å². The van der Waals surface area contributed by atoms with Crippen molar-refractivity contribution in [2.45, 2.75) is 26.4 Å². The molecule has 0 N–H and O–H groups in total. The molecule has 0 aliphatic carbocycles. The maximum absolute atomic E-state index is 13.1. The summed E-state index contributed by atoms with van der Waals surface area (Å²) in [5, 5.41) is 13.1. The van der Waals surface area contributed by atoms with E-state index < -0.39 is 13.2 Å². The average molecular weight is 391 g/mol. The van der Waals surface area contributed by atoms with E-state index in [1.54, 1.807) is 0 Å². The van der Waals surface area contributed by atoms with E-state index >= 15 is 0 Å². The summed E-state index contributed by atoms with van der Waals surface area (Å²) in [6, 6.07) is 19.1. The van der Waals surface area contributed by atoms with Gasteiger partial charge in [0.25, 0.3) is 0 Å². The van der Waals surface area contributed by atoms with Crippen molar-refractivity contribution < 1.29 is 23.1 Å². The Morgan fingerprint density at radius 2 is 1.33 bits per heavy atom. The first-order valence-electron chi connectivity index (χ1n) is 9.21. The summed E-state index contributed by atoms with van der Waals surface area (Å²) in [6.07, 6.45) is 0.